The summed E-state index contributed by atoms with van der Waals surface area (Å²) in [6, 6.07) is 0. The molecule has 0 unspecified atom stereocenters. The van der Waals surface area contributed by atoms with E-state index < -0.39 is 0 Å². The van der Waals surface area contributed by atoms with Crippen molar-refractivity contribution >= 4 is 43.3 Å². The maximum atomic E-state index is 2.37. The molecule has 0 fully saturated rings. The van der Waals surface area contributed by atoms with E-state index in [1.54, 1.807) is 27.8 Å². The zero-order valence-electron chi connectivity index (χ0n) is 9.25. The van der Waals surface area contributed by atoms with Crippen molar-refractivity contribution < 1.29 is 0 Å². The molecule has 0 nitrogen and oxygen atoms in total. The van der Waals surface area contributed by atoms with Gasteiger partial charge >= 0.3 is 0 Å². The Balaban J connectivity index is 0.000000404. The maximum Gasteiger partial charge on any atom is 0 e. The van der Waals surface area contributed by atoms with Crippen LogP contribution in [-0.4, -0.2) is 0 Å². The Morgan fingerprint density at radius 3 is 2.13 bits per heavy atom. The molecule has 0 heterocycles. The Morgan fingerprint density at radius 2 is 1.47 bits per heavy atom. The SMILES string of the molecule is CC1=Cc2c(C)c3c(c(C)c2C1)C3.II. The monoisotopic (exact) mass is 424 g/mol. The van der Waals surface area contributed by atoms with Crippen LogP contribution in [0, 0.1) is 13.8 Å². The molecule has 0 spiro atoms. The fraction of sp³-hybridized carbons (Fsp3) is 0.385. The van der Waals surface area contributed by atoms with Crippen LogP contribution in [0.5, 0.6) is 0 Å². The molecule has 0 atom stereocenters. The predicted molar refractivity (Wildman–Crippen MR) is 84.1 cm³/mol. The number of hydrogen-bond donors (Lipinski definition) is 0. The molecule has 2 aliphatic carbocycles. The first-order valence-electron chi connectivity index (χ1n) is 5.13. The van der Waals surface area contributed by atoms with Gasteiger partial charge < -0.3 is 0 Å². The standard InChI is InChI=1S/C13H14.I2/c1-7-4-10-8(2)12-6-13(12)9(3)11(10)5-7;1-2/h4H,5-6H2,1-3H3;. The highest BCUT2D eigenvalue weighted by molar-refractivity contribution is 15.0. The molecule has 0 aliphatic heterocycles. The quantitative estimate of drug-likeness (QED) is 0.526. The van der Waals surface area contributed by atoms with Gasteiger partial charge in [-0.3, -0.25) is 0 Å². The minimum absolute atomic E-state index is 1.19. The first-order chi connectivity index (χ1) is 7.18. The second-order valence-electron chi connectivity index (χ2n) is 4.44. The zero-order valence-corrected chi connectivity index (χ0v) is 13.6. The van der Waals surface area contributed by atoms with Crippen molar-refractivity contribution in [2.75, 3.05) is 0 Å². The Hall–Kier alpha value is 0.420. The van der Waals surface area contributed by atoms with Crippen LogP contribution in [0.1, 0.15) is 40.3 Å². The first kappa shape index (κ1) is 11.9. The third-order valence-electron chi connectivity index (χ3n) is 3.53. The third-order valence-corrected chi connectivity index (χ3v) is 3.53. The van der Waals surface area contributed by atoms with Crippen LogP contribution in [-0.2, 0) is 12.8 Å². The van der Waals surface area contributed by atoms with Crippen molar-refractivity contribution in [2.24, 2.45) is 0 Å². The van der Waals surface area contributed by atoms with Crippen LogP contribution < -0.4 is 0 Å². The molecule has 0 amide bonds. The summed E-state index contributed by atoms with van der Waals surface area (Å²) < 4.78 is 0. The Labute approximate surface area is 115 Å². The van der Waals surface area contributed by atoms with E-state index in [0.717, 1.165) is 0 Å². The van der Waals surface area contributed by atoms with Crippen molar-refractivity contribution in [1.29, 1.82) is 0 Å². The van der Waals surface area contributed by atoms with Gasteiger partial charge in [0, 0.05) is 37.2 Å². The maximum absolute atomic E-state index is 2.37. The Kier molecular flexibility index (Phi) is 3.45. The van der Waals surface area contributed by atoms with E-state index in [1.807, 2.05) is 0 Å². The molecule has 2 aliphatic rings. The summed E-state index contributed by atoms with van der Waals surface area (Å²) in [6.07, 6.45) is 4.82. The molecule has 0 radical (unpaired) electrons. The van der Waals surface area contributed by atoms with Gasteiger partial charge in [-0.2, -0.15) is 0 Å². The largest absolute Gasteiger partial charge is 0.0683 e. The lowest BCUT2D eigenvalue weighted by atomic mass is 9.99. The molecule has 1 aromatic carbocycles. The first-order valence-corrected chi connectivity index (χ1v) is 11.4. The summed E-state index contributed by atoms with van der Waals surface area (Å²) in [5.41, 5.74) is 11.0. The van der Waals surface area contributed by atoms with Crippen molar-refractivity contribution in [3.05, 3.63) is 39.0 Å². The second-order valence-corrected chi connectivity index (χ2v) is 4.44. The van der Waals surface area contributed by atoms with E-state index >= 15 is 0 Å². The number of halogens is 2. The van der Waals surface area contributed by atoms with Crippen LogP contribution in [0.3, 0.4) is 0 Å². The fourth-order valence-electron chi connectivity index (χ4n) is 2.62. The molecule has 3 rings (SSSR count). The van der Waals surface area contributed by atoms with Gasteiger partial charge in [0.15, 0.2) is 0 Å². The number of rotatable bonds is 0. The van der Waals surface area contributed by atoms with E-state index in [0.29, 0.717) is 0 Å². The zero-order chi connectivity index (χ0) is 11.2. The van der Waals surface area contributed by atoms with Gasteiger partial charge in [0.1, 0.15) is 0 Å². The molecule has 15 heavy (non-hydrogen) atoms. The van der Waals surface area contributed by atoms with E-state index in [9.17, 15) is 0 Å². The summed E-state index contributed by atoms with van der Waals surface area (Å²) in [4.78, 5) is 0. The topological polar surface area (TPSA) is 0 Å². The molecular weight excluding hydrogens is 410 g/mol. The molecule has 0 saturated carbocycles. The molecule has 0 saturated heterocycles. The van der Waals surface area contributed by atoms with E-state index in [4.69, 9.17) is 0 Å². The number of benzene rings is 1. The summed E-state index contributed by atoms with van der Waals surface area (Å²) in [5.74, 6) is 0. The van der Waals surface area contributed by atoms with Crippen molar-refractivity contribution in [3.8, 4) is 0 Å². The van der Waals surface area contributed by atoms with Gasteiger partial charge in [-0.15, -0.1) is 0 Å². The molecular formula is C13H14I2. The van der Waals surface area contributed by atoms with E-state index in [2.05, 4.69) is 64.1 Å². The van der Waals surface area contributed by atoms with Gasteiger partial charge in [-0.1, -0.05) is 11.6 Å². The smallest absolute Gasteiger partial charge is 0 e. The van der Waals surface area contributed by atoms with Gasteiger partial charge in [0.2, 0.25) is 0 Å². The van der Waals surface area contributed by atoms with E-state index in [-0.39, 0.29) is 0 Å². The second kappa shape index (κ2) is 4.35. The van der Waals surface area contributed by atoms with Gasteiger partial charge in [0.25, 0.3) is 0 Å². The lowest BCUT2D eigenvalue weighted by molar-refractivity contribution is 1.15. The van der Waals surface area contributed by atoms with Gasteiger partial charge in [0.05, 0.1) is 0 Å². The number of fused-ring (bicyclic) bond motifs is 2. The summed E-state index contributed by atoms with van der Waals surface area (Å²) in [7, 11) is 0. The van der Waals surface area contributed by atoms with Crippen molar-refractivity contribution in [3.63, 3.8) is 0 Å². The summed E-state index contributed by atoms with van der Waals surface area (Å²) in [6.45, 7) is 6.80. The molecule has 2 heteroatoms. The van der Waals surface area contributed by atoms with Crippen molar-refractivity contribution in [2.45, 2.75) is 33.6 Å². The minimum Gasteiger partial charge on any atom is -0.0683 e. The van der Waals surface area contributed by atoms with Crippen LogP contribution >= 0.6 is 37.2 Å². The number of allylic oxidation sites excluding steroid dienone is 1. The lowest BCUT2D eigenvalue weighted by Gasteiger charge is -2.05. The van der Waals surface area contributed by atoms with Crippen LogP contribution in [0.15, 0.2) is 5.57 Å². The van der Waals surface area contributed by atoms with Crippen molar-refractivity contribution in [1.82, 2.24) is 0 Å². The summed E-state index contributed by atoms with van der Waals surface area (Å²) in [5, 5.41) is 0. The fourth-order valence-corrected chi connectivity index (χ4v) is 2.62. The van der Waals surface area contributed by atoms with E-state index in [1.165, 1.54) is 24.0 Å². The Bertz CT molecular complexity index is 456. The molecule has 0 bridgehead atoms. The molecule has 0 aromatic heterocycles. The highest BCUT2D eigenvalue weighted by atomic mass is 128. The van der Waals surface area contributed by atoms with Gasteiger partial charge in [-0.25, -0.2) is 0 Å². The lowest BCUT2D eigenvalue weighted by Crippen LogP contribution is -1.90. The molecule has 1 aromatic rings. The average Bonchev–Trinajstić information content (AvgIpc) is 2.95. The summed E-state index contributed by atoms with van der Waals surface area (Å²) >= 11 is 4.24. The average molecular weight is 424 g/mol. The minimum atomic E-state index is 1.19. The van der Waals surface area contributed by atoms with Crippen LogP contribution in [0.2, 0.25) is 0 Å². The highest BCUT2D eigenvalue weighted by Crippen LogP contribution is 2.42. The molecule has 80 valence electrons. The number of hydrogen-bond acceptors (Lipinski definition) is 0. The normalized spacial score (nSPS) is 14.9. The van der Waals surface area contributed by atoms with Crippen LogP contribution in [0.25, 0.3) is 6.08 Å². The van der Waals surface area contributed by atoms with Crippen LogP contribution in [0.4, 0.5) is 0 Å². The third kappa shape index (κ3) is 1.88. The van der Waals surface area contributed by atoms with Gasteiger partial charge in [-0.05, 0) is 67.0 Å². The highest BCUT2D eigenvalue weighted by Gasteiger charge is 2.28. The predicted octanol–water partition coefficient (Wildman–Crippen LogP) is 4.94. The molecule has 0 N–H and O–H groups in total. The Morgan fingerprint density at radius 1 is 0.867 bits per heavy atom.